The van der Waals surface area contributed by atoms with Gasteiger partial charge in [-0.2, -0.15) is 5.26 Å². The predicted octanol–water partition coefficient (Wildman–Crippen LogP) is 4.61. The number of hydrogen-bond donors (Lipinski definition) is 1. The van der Waals surface area contributed by atoms with E-state index < -0.39 is 0 Å². The van der Waals surface area contributed by atoms with Gasteiger partial charge >= 0.3 is 0 Å². The molecule has 3 nitrogen and oxygen atoms in total. The van der Waals surface area contributed by atoms with Gasteiger partial charge in [-0.05, 0) is 17.2 Å². The van der Waals surface area contributed by atoms with Crippen molar-refractivity contribution in [2.75, 3.05) is 0 Å². The molecule has 1 N–H and O–H groups in total. The van der Waals surface area contributed by atoms with Crippen molar-refractivity contribution < 1.29 is 4.79 Å². The molecule has 0 fully saturated rings. The van der Waals surface area contributed by atoms with E-state index in [0.29, 0.717) is 27.8 Å². The van der Waals surface area contributed by atoms with Gasteiger partial charge in [0.05, 0.1) is 16.7 Å². The summed E-state index contributed by atoms with van der Waals surface area (Å²) < 4.78 is 0. The largest absolute Gasteiger partial charge is 0.320 e. The highest BCUT2D eigenvalue weighted by Crippen LogP contribution is 2.37. The number of carbonyl (C=O) groups excluding carboxylic acids is 1. The Balaban J connectivity index is 1.89. The molecule has 120 valence electrons. The number of nitrogens with one attached hydrogen (secondary N) is 1. The number of amides is 1. The fraction of sp³-hybridized carbons (Fsp3) is 0.158. The second-order valence-corrected chi connectivity index (χ2v) is 6.84. The average Bonchev–Trinajstić information content (AvgIpc) is 2.61. The summed E-state index contributed by atoms with van der Waals surface area (Å²) in [7, 11) is 0. The SMILES string of the molecule is N#CC1=C(SCc2ccccc2Cl)NC(=O)C[C@H]1c1ccccc1. The summed E-state index contributed by atoms with van der Waals surface area (Å²) in [5.74, 6) is 0.338. The molecule has 1 atom stereocenters. The third-order valence-corrected chi connectivity index (χ3v) is 5.32. The molecule has 0 saturated carbocycles. The van der Waals surface area contributed by atoms with E-state index in [2.05, 4.69) is 11.4 Å². The van der Waals surface area contributed by atoms with E-state index in [4.69, 9.17) is 11.6 Å². The second kappa shape index (κ2) is 7.57. The van der Waals surface area contributed by atoms with Gasteiger partial charge in [-0.15, -0.1) is 11.8 Å². The second-order valence-electron chi connectivity index (χ2n) is 5.45. The molecule has 0 unspecified atom stereocenters. The molecule has 3 rings (SSSR count). The van der Waals surface area contributed by atoms with Crippen LogP contribution in [0.25, 0.3) is 0 Å². The predicted molar refractivity (Wildman–Crippen MR) is 97.3 cm³/mol. The van der Waals surface area contributed by atoms with E-state index in [9.17, 15) is 10.1 Å². The summed E-state index contributed by atoms with van der Waals surface area (Å²) in [4.78, 5) is 12.1. The van der Waals surface area contributed by atoms with Crippen molar-refractivity contribution in [3.8, 4) is 6.07 Å². The Kier molecular flexibility index (Phi) is 5.24. The van der Waals surface area contributed by atoms with Crippen LogP contribution < -0.4 is 5.32 Å². The van der Waals surface area contributed by atoms with Gasteiger partial charge in [0.1, 0.15) is 0 Å². The number of hydrogen-bond acceptors (Lipinski definition) is 3. The lowest BCUT2D eigenvalue weighted by atomic mass is 9.87. The molecule has 0 spiro atoms. The van der Waals surface area contributed by atoms with Gasteiger partial charge in [-0.1, -0.05) is 60.1 Å². The highest BCUT2D eigenvalue weighted by atomic mass is 35.5. The molecule has 1 amide bonds. The van der Waals surface area contributed by atoms with Crippen molar-refractivity contribution in [2.45, 2.75) is 18.1 Å². The summed E-state index contributed by atoms with van der Waals surface area (Å²) in [5, 5.41) is 13.8. The van der Waals surface area contributed by atoms with E-state index in [-0.39, 0.29) is 11.8 Å². The summed E-state index contributed by atoms with van der Waals surface area (Å²) in [5.41, 5.74) is 2.57. The van der Waals surface area contributed by atoms with Crippen LogP contribution in [0.3, 0.4) is 0 Å². The standard InChI is InChI=1S/C19H15ClN2OS/c20-17-9-5-4-8-14(17)12-24-19-16(11-21)15(10-18(23)22-19)13-6-2-1-3-7-13/h1-9,15H,10,12H2,(H,22,23)/t15-/m0/s1. The van der Waals surface area contributed by atoms with Crippen LogP contribution in [-0.4, -0.2) is 5.91 Å². The van der Waals surface area contributed by atoms with E-state index >= 15 is 0 Å². The molecule has 2 aromatic carbocycles. The number of thioether (sulfide) groups is 1. The normalized spacial score (nSPS) is 17.3. The molecule has 5 heteroatoms. The van der Waals surface area contributed by atoms with Gasteiger partial charge in [0, 0.05) is 23.1 Å². The first-order chi connectivity index (χ1) is 11.7. The fourth-order valence-electron chi connectivity index (χ4n) is 2.67. The molecule has 1 heterocycles. The number of nitriles is 1. The minimum Gasteiger partial charge on any atom is -0.320 e. The van der Waals surface area contributed by atoms with Crippen LogP contribution in [-0.2, 0) is 10.5 Å². The minimum absolute atomic E-state index is 0.0653. The number of nitrogens with zero attached hydrogens (tertiary/aromatic N) is 1. The summed E-state index contributed by atoms with van der Waals surface area (Å²) in [6.07, 6.45) is 0.295. The molecule has 2 aromatic rings. The third-order valence-electron chi connectivity index (χ3n) is 3.89. The van der Waals surface area contributed by atoms with E-state index in [1.54, 1.807) is 0 Å². The lowest BCUT2D eigenvalue weighted by molar-refractivity contribution is -0.120. The Morgan fingerprint density at radius 3 is 2.58 bits per heavy atom. The van der Waals surface area contributed by atoms with Crippen molar-refractivity contribution in [1.82, 2.24) is 5.32 Å². The third kappa shape index (κ3) is 3.64. The zero-order chi connectivity index (χ0) is 16.9. The van der Waals surface area contributed by atoms with Crippen molar-refractivity contribution in [2.24, 2.45) is 0 Å². The maximum Gasteiger partial charge on any atom is 0.225 e. The van der Waals surface area contributed by atoms with Gasteiger partial charge in [0.2, 0.25) is 5.91 Å². The van der Waals surface area contributed by atoms with Crippen molar-refractivity contribution >= 4 is 29.3 Å². The first-order valence-electron chi connectivity index (χ1n) is 7.54. The highest BCUT2D eigenvalue weighted by Gasteiger charge is 2.29. The van der Waals surface area contributed by atoms with Gasteiger partial charge < -0.3 is 5.32 Å². The van der Waals surface area contributed by atoms with Crippen LogP contribution in [0.5, 0.6) is 0 Å². The van der Waals surface area contributed by atoms with Crippen LogP contribution in [0.4, 0.5) is 0 Å². The van der Waals surface area contributed by atoms with Crippen LogP contribution >= 0.6 is 23.4 Å². The van der Waals surface area contributed by atoms with Crippen LogP contribution in [0.2, 0.25) is 5.02 Å². The topological polar surface area (TPSA) is 52.9 Å². The number of rotatable bonds is 4. The molecule has 0 aliphatic carbocycles. The monoisotopic (exact) mass is 354 g/mol. The minimum atomic E-state index is -0.196. The molecule has 0 aromatic heterocycles. The zero-order valence-electron chi connectivity index (χ0n) is 12.8. The van der Waals surface area contributed by atoms with Crippen LogP contribution in [0.15, 0.2) is 65.2 Å². The first kappa shape index (κ1) is 16.6. The van der Waals surface area contributed by atoms with E-state index in [1.165, 1.54) is 11.8 Å². The Hall–Kier alpha value is -2.22. The molecule has 0 radical (unpaired) electrons. The zero-order valence-corrected chi connectivity index (χ0v) is 14.4. The number of allylic oxidation sites excluding steroid dienone is 1. The van der Waals surface area contributed by atoms with Crippen LogP contribution in [0.1, 0.15) is 23.5 Å². The van der Waals surface area contributed by atoms with Crippen molar-refractivity contribution in [3.05, 3.63) is 81.3 Å². The van der Waals surface area contributed by atoms with Crippen molar-refractivity contribution in [1.29, 1.82) is 5.26 Å². The maximum atomic E-state index is 12.1. The van der Waals surface area contributed by atoms with Gasteiger partial charge in [0.15, 0.2) is 0 Å². The van der Waals surface area contributed by atoms with Crippen LogP contribution in [0, 0.1) is 11.3 Å². The summed E-state index contributed by atoms with van der Waals surface area (Å²) >= 11 is 7.62. The molecule has 1 aliphatic rings. The number of benzene rings is 2. The highest BCUT2D eigenvalue weighted by molar-refractivity contribution is 8.02. The molecule has 1 aliphatic heterocycles. The average molecular weight is 355 g/mol. The van der Waals surface area contributed by atoms with E-state index in [1.807, 2.05) is 54.6 Å². The smallest absolute Gasteiger partial charge is 0.225 e. The first-order valence-corrected chi connectivity index (χ1v) is 8.90. The van der Waals surface area contributed by atoms with Gasteiger partial charge in [-0.3, -0.25) is 4.79 Å². The fourth-order valence-corrected chi connectivity index (χ4v) is 4.03. The Morgan fingerprint density at radius 1 is 1.17 bits per heavy atom. The maximum absolute atomic E-state index is 12.1. The lowest BCUT2D eigenvalue weighted by Crippen LogP contribution is -2.30. The quantitative estimate of drug-likeness (QED) is 0.872. The van der Waals surface area contributed by atoms with Crippen molar-refractivity contribution in [3.63, 3.8) is 0 Å². The molecule has 0 saturated heterocycles. The Bertz CT molecular complexity index is 827. The number of carbonyl (C=O) groups is 1. The molecule has 24 heavy (non-hydrogen) atoms. The van der Waals surface area contributed by atoms with Gasteiger partial charge in [-0.25, -0.2) is 0 Å². The summed E-state index contributed by atoms with van der Waals surface area (Å²) in [6.45, 7) is 0. The van der Waals surface area contributed by atoms with Gasteiger partial charge in [0.25, 0.3) is 0 Å². The molecular weight excluding hydrogens is 340 g/mol. The molecule has 0 bridgehead atoms. The Labute approximate surface area is 150 Å². The summed E-state index contributed by atoms with van der Waals surface area (Å²) in [6, 6.07) is 19.6. The van der Waals surface area contributed by atoms with E-state index in [0.717, 1.165) is 11.1 Å². The lowest BCUT2D eigenvalue weighted by Gasteiger charge is -2.25. The Morgan fingerprint density at radius 2 is 1.88 bits per heavy atom. The number of halogens is 1. The molecular formula is C19H15ClN2OS.